The van der Waals surface area contributed by atoms with Crippen LogP contribution < -0.4 is 5.32 Å². The minimum Gasteiger partial charge on any atom is -0.356 e. The Balaban J connectivity index is 1.56. The van der Waals surface area contributed by atoms with Gasteiger partial charge in [0, 0.05) is 6.54 Å². The summed E-state index contributed by atoms with van der Waals surface area (Å²) in [4.78, 5) is 7.52. The van der Waals surface area contributed by atoms with Crippen LogP contribution in [0.5, 0.6) is 0 Å². The van der Waals surface area contributed by atoms with E-state index in [9.17, 15) is 4.39 Å². The maximum Gasteiger partial charge on any atom is 0.201 e. The lowest BCUT2D eigenvalue weighted by Crippen LogP contribution is -2.12. The first-order chi connectivity index (χ1) is 9.31. The normalized spacial score (nSPS) is 16.9. The maximum atomic E-state index is 13.1. The maximum absolute atomic E-state index is 13.1. The van der Waals surface area contributed by atoms with E-state index in [2.05, 4.69) is 15.3 Å². The van der Waals surface area contributed by atoms with Crippen molar-refractivity contribution in [2.45, 2.75) is 38.5 Å². The third kappa shape index (κ3) is 3.06. The molecule has 19 heavy (non-hydrogen) atoms. The van der Waals surface area contributed by atoms with Crippen molar-refractivity contribution in [2.75, 3.05) is 11.9 Å². The quantitative estimate of drug-likeness (QED) is 0.870. The second kappa shape index (κ2) is 5.59. The second-order valence-electron chi connectivity index (χ2n) is 5.47. The summed E-state index contributed by atoms with van der Waals surface area (Å²) < 4.78 is 13.1. The van der Waals surface area contributed by atoms with Crippen LogP contribution in [0.25, 0.3) is 11.0 Å². The number of hydrogen-bond acceptors (Lipinski definition) is 2. The van der Waals surface area contributed by atoms with Crippen molar-refractivity contribution >= 4 is 17.0 Å². The largest absolute Gasteiger partial charge is 0.356 e. The summed E-state index contributed by atoms with van der Waals surface area (Å²) in [5.41, 5.74) is 1.56. The standard InChI is InChI=1S/C15H20FN3/c16-12-6-7-13-14(10-12)19-15(18-13)17-9-8-11-4-2-1-3-5-11/h6-7,10-11H,1-5,8-9H2,(H2,17,18,19). The molecule has 0 bridgehead atoms. The monoisotopic (exact) mass is 261 g/mol. The molecule has 1 aliphatic rings. The van der Waals surface area contributed by atoms with Gasteiger partial charge >= 0.3 is 0 Å². The fraction of sp³-hybridized carbons (Fsp3) is 0.533. The molecule has 1 aromatic carbocycles. The van der Waals surface area contributed by atoms with E-state index in [4.69, 9.17) is 0 Å². The van der Waals surface area contributed by atoms with Gasteiger partial charge in [-0.25, -0.2) is 9.37 Å². The Labute approximate surface area is 112 Å². The van der Waals surface area contributed by atoms with Crippen molar-refractivity contribution in [1.82, 2.24) is 9.97 Å². The third-order valence-electron chi connectivity index (χ3n) is 4.01. The summed E-state index contributed by atoms with van der Waals surface area (Å²) in [7, 11) is 0. The van der Waals surface area contributed by atoms with Gasteiger partial charge in [-0.15, -0.1) is 0 Å². The van der Waals surface area contributed by atoms with Crippen molar-refractivity contribution in [3.8, 4) is 0 Å². The van der Waals surface area contributed by atoms with Gasteiger partial charge < -0.3 is 10.3 Å². The van der Waals surface area contributed by atoms with E-state index in [-0.39, 0.29) is 5.82 Å². The number of anilines is 1. The molecule has 0 spiro atoms. The highest BCUT2D eigenvalue weighted by atomic mass is 19.1. The average molecular weight is 261 g/mol. The number of imidazole rings is 1. The van der Waals surface area contributed by atoms with E-state index in [0.29, 0.717) is 0 Å². The van der Waals surface area contributed by atoms with E-state index in [0.717, 1.165) is 29.4 Å². The Kier molecular flexibility index (Phi) is 3.67. The number of halogens is 1. The topological polar surface area (TPSA) is 40.7 Å². The highest BCUT2D eigenvalue weighted by Gasteiger charge is 2.13. The molecule has 0 aliphatic heterocycles. The molecule has 1 fully saturated rings. The predicted octanol–water partition coefficient (Wildman–Crippen LogP) is 4.08. The number of benzene rings is 1. The molecule has 0 radical (unpaired) electrons. The number of H-pyrrole nitrogens is 1. The SMILES string of the molecule is Fc1ccc2nc(NCCC3CCCCC3)[nH]c2c1. The zero-order valence-electron chi connectivity index (χ0n) is 11.1. The van der Waals surface area contributed by atoms with Crippen LogP contribution in [-0.2, 0) is 0 Å². The molecule has 2 aromatic rings. The van der Waals surface area contributed by atoms with Crippen molar-refractivity contribution in [2.24, 2.45) is 5.92 Å². The van der Waals surface area contributed by atoms with Gasteiger partial charge in [-0.3, -0.25) is 0 Å². The Hall–Kier alpha value is -1.58. The smallest absolute Gasteiger partial charge is 0.201 e. The molecule has 0 saturated heterocycles. The van der Waals surface area contributed by atoms with Gasteiger partial charge in [0.05, 0.1) is 11.0 Å². The highest BCUT2D eigenvalue weighted by Crippen LogP contribution is 2.26. The van der Waals surface area contributed by atoms with Crippen LogP contribution in [-0.4, -0.2) is 16.5 Å². The summed E-state index contributed by atoms with van der Waals surface area (Å²) in [6.07, 6.45) is 8.10. The van der Waals surface area contributed by atoms with Crippen LogP contribution in [0.3, 0.4) is 0 Å². The number of rotatable bonds is 4. The molecule has 1 aromatic heterocycles. The molecule has 3 rings (SSSR count). The molecule has 102 valence electrons. The average Bonchev–Trinajstić information content (AvgIpc) is 2.82. The Morgan fingerprint density at radius 2 is 2.11 bits per heavy atom. The van der Waals surface area contributed by atoms with E-state index in [1.165, 1.54) is 50.7 Å². The predicted molar refractivity (Wildman–Crippen MR) is 75.7 cm³/mol. The molecule has 4 heteroatoms. The Bertz CT molecular complexity index is 543. The van der Waals surface area contributed by atoms with E-state index in [1.54, 1.807) is 6.07 Å². The summed E-state index contributed by atoms with van der Waals surface area (Å²) in [6, 6.07) is 4.62. The van der Waals surface area contributed by atoms with Gasteiger partial charge in [0.2, 0.25) is 5.95 Å². The minimum absolute atomic E-state index is 0.232. The van der Waals surface area contributed by atoms with Crippen LogP contribution in [0.15, 0.2) is 18.2 Å². The fourth-order valence-electron chi connectivity index (χ4n) is 2.94. The van der Waals surface area contributed by atoms with Crippen molar-refractivity contribution < 1.29 is 4.39 Å². The van der Waals surface area contributed by atoms with Crippen LogP contribution in [0, 0.1) is 11.7 Å². The Morgan fingerprint density at radius 3 is 2.95 bits per heavy atom. The lowest BCUT2D eigenvalue weighted by molar-refractivity contribution is 0.345. The van der Waals surface area contributed by atoms with Crippen LogP contribution in [0.4, 0.5) is 10.3 Å². The first-order valence-corrected chi connectivity index (χ1v) is 7.20. The number of aromatic nitrogens is 2. The van der Waals surface area contributed by atoms with Crippen molar-refractivity contribution in [1.29, 1.82) is 0 Å². The zero-order valence-corrected chi connectivity index (χ0v) is 11.1. The number of hydrogen-bond donors (Lipinski definition) is 2. The van der Waals surface area contributed by atoms with Crippen molar-refractivity contribution in [3.05, 3.63) is 24.0 Å². The van der Waals surface area contributed by atoms with E-state index < -0.39 is 0 Å². The third-order valence-corrected chi connectivity index (χ3v) is 4.01. The molecule has 2 N–H and O–H groups in total. The van der Waals surface area contributed by atoms with Gasteiger partial charge in [-0.05, 0) is 30.5 Å². The number of fused-ring (bicyclic) bond motifs is 1. The summed E-state index contributed by atoms with van der Waals surface area (Å²) >= 11 is 0. The summed E-state index contributed by atoms with van der Waals surface area (Å²) in [6.45, 7) is 0.937. The molecule has 0 unspecified atom stereocenters. The molecule has 1 heterocycles. The molecule has 0 atom stereocenters. The fourth-order valence-corrected chi connectivity index (χ4v) is 2.94. The van der Waals surface area contributed by atoms with Crippen LogP contribution in [0.1, 0.15) is 38.5 Å². The van der Waals surface area contributed by atoms with Gasteiger partial charge in [-0.2, -0.15) is 0 Å². The zero-order chi connectivity index (χ0) is 13.1. The van der Waals surface area contributed by atoms with Crippen LogP contribution in [0.2, 0.25) is 0 Å². The molecule has 1 saturated carbocycles. The minimum atomic E-state index is -0.232. The molecular weight excluding hydrogens is 241 g/mol. The highest BCUT2D eigenvalue weighted by molar-refractivity contribution is 5.77. The van der Waals surface area contributed by atoms with Crippen molar-refractivity contribution in [3.63, 3.8) is 0 Å². The Morgan fingerprint density at radius 1 is 1.26 bits per heavy atom. The molecular formula is C15H20FN3. The second-order valence-corrected chi connectivity index (χ2v) is 5.47. The molecule has 3 nitrogen and oxygen atoms in total. The first kappa shape index (κ1) is 12.5. The first-order valence-electron chi connectivity index (χ1n) is 7.20. The lowest BCUT2D eigenvalue weighted by atomic mass is 9.87. The number of nitrogens with zero attached hydrogens (tertiary/aromatic N) is 1. The van der Waals surface area contributed by atoms with E-state index in [1.807, 2.05) is 0 Å². The van der Waals surface area contributed by atoms with Gasteiger partial charge in [-0.1, -0.05) is 32.1 Å². The lowest BCUT2D eigenvalue weighted by Gasteiger charge is -2.21. The molecule has 1 aliphatic carbocycles. The van der Waals surface area contributed by atoms with Gasteiger partial charge in [0.1, 0.15) is 5.82 Å². The number of nitrogens with one attached hydrogen (secondary N) is 2. The van der Waals surface area contributed by atoms with Gasteiger partial charge in [0.15, 0.2) is 0 Å². The molecule has 0 amide bonds. The van der Waals surface area contributed by atoms with Gasteiger partial charge in [0.25, 0.3) is 0 Å². The summed E-state index contributed by atoms with van der Waals surface area (Å²) in [5.74, 6) is 1.38. The van der Waals surface area contributed by atoms with Crippen LogP contribution >= 0.6 is 0 Å². The van der Waals surface area contributed by atoms with E-state index >= 15 is 0 Å². The number of aromatic amines is 1. The summed E-state index contributed by atoms with van der Waals surface area (Å²) in [5, 5.41) is 3.31.